The summed E-state index contributed by atoms with van der Waals surface area (Å²) < 4.78 is 43.8. The van der Waals surface area contributed by atoms with E-state index in [4.69, 9.17) is 23.2 Å². The van der Waals surface area contributed by atoms with Gasteiger partial charge in [0.25, 0.3) is 5.91 Å². The number of aromatic hydroxyl groups is 1. The van der Waals surface area contributed by atoms with Crippen molar-refractivity contribution in [2.45, 2.75) is 44.4 Å². The van der Waals surface area contributed by atoms with Gasteiger partial charge in [-0.25, -0.2) is 0 Å². The molecule has 0 aliphatic heterocycles. The molecule has 1 fully saturated rings. The first kappa shape index (κ1) is 29.3. The molecular weight excluding hydrogens is 576 g/mol. The number of carbonyl (C=O) groups excluding carboxylic acids is 2. The lowest BCUT2D eigenvalue weighted by molar-refractivity contribution is -0.147. The Balaban J connectivity index is 1.70. The lowest BCUT2D eigenvalue weighted by Crippen LogP contribution is -2.37. The van der Waals surface area contributed by atoms with Crippen LogP contribution < -0.4 is 0 Å². The van der Waals surface area contributed by atoms with E-state index >= 15 is 0 Å². The minimum Gasteiger partial charge on any atom is -0.508 e. The van der Waals surface area contributed by atoms with Gasteiger partial charge in [0, 0.05) is 18.9 Å². The summed E-state index contributed by atoms with van der Waals surface area (Å²) >= 11 is 12.2. The molecule has 14 heteroatoms. The number of halogens is 5. The number of pyridine rings is 1. The topological polar surface area (TPSA) is 126 Å². The Bertz CT molecular complexity index is 1400. The van der Waals surface area contributed by atoms with Crippen molar-refractivity contribution in [3.05, 3.63) is 75.3 Å². The first-order valence-electron chi connectivity index (χ1n) is 12.1. The summed E-state index contributed by atoms with van der Waals surface area (Å²) in [5, 5.41) is 22.5. The Morgan fingerprint density at radius 1 is 1.00 bits per heavy atom. The van der Waals surface area contributed by atoms with Crippen LogP contribution in [0.3, 0.4) is 0 Å². The fraction of sp³-hybridized carbons (Fsp3) is 0.346. The molecule has 0 unspecified atom stereocenters. The molecule has 0 spiro atoms. The summed E-state index contributed by atoms with van der Waals surface area (Å²) in [7, 11) is 0. The second-order valence-electron chi connectivity index (χ2n) is 9.42. The van der Waals surface area contributed by atoms with Crippen LogP contribution in [0.4, 0.5) is 13.2 Å². The van der Waals surface area contributed by atoms with Gasteiger partial charge < -0.3 is 15.1 Å². The van der Waals surface area contributed by atoms with Gasteiger partial charge in [0.15, 0.2) is 11.5 Å². The first-order valence-corrected chi connectivity index (χ1v) is 12.9. The summed E-state index contributed by atoms with van der Waals surface area (Å²) in [6, 6.07) is 4.84. The Labute approximate surface area is 236 Å². The number of nitrogens with zero attached hydrogens (tertiary/aromatic N) is 4. The quantitative estimate of drug-likeness (QED) is 0.321. The van der Waals surface area contributed by atoms with E-state index in [1.54, 1.807) is 0 Å². The highest BCUT2D eigenvalue weighted by Crippen LogP contribution is 2.39. The molecule has 1 aliphatic rings. The molecule has 0 radical (unpaired) electrons. The molecule has 0 bridgehead atoms. The maximum Gasteiger partial charge on any atom is 0.433 e. The van der Waals surface area contributed by atoms with Gasteiger partial charge in [-0.15, -0.1) is 0 Å². The summed E-state index contributed by atoms with van der Waals surface area (Å²) in [5.74, 6) is -3.56. The van der Waals surface area contributed by atoms with Gasteiger partial charge in [-0.3, -0.25) is 24.0 Å². The van der Waals surface area contributed by atoms with Crippen molar-refractivity contribution < 1.29 is 37.8 Å². The standard InChI is InChI=1S/C26H23Cl2F3N4O5/c27-19-10-32-11-20(28)22(19)21(37)13-34(12-14-1-7-17(36)8-2-14)24(38)18-9-33-35(23(18)26(29,30)31)16-5-3-15(4-6-16)25(39)40/h1-2,7-11,15-16,36H,3-6,12-13H2,(H,39,40)/t15-,16-. The molecular formula is C26H23Cl2F3N4O5. The number of Topliss-reactive ketones (excluding diaryl/α,β-unsaturated/α-hetero) is 1. The monoisotopic (exact) mass is 598 g/mol. The number of aliphatic carboxylic acids is 1. The highest BCUT2D eigenvalue weighted by molar-refractivity contribution is 6.39. The highest BCUT2D eigenvalue weighted by Gasteiger charge is 2.43. The van der Waals surface area contributed by atoms with Gasteiger partial charge in [0.05, 0.1) is 45.9 Å². The van der Waals surface area contributed by atoms with E-state index in [0.29, 0.717) is 5.56 Å². The summed E-state index contributed by atoms with van der Waals surface area (Å²) in [4.78, 5) is 42.8. The normalized spacial score (nSPS) is 17.4. The Morgan fingerprint density at radius 3 is 2.15 bits per heavy atom. The minimum atomic E-state index is -4.98. The number of carboxylic acid groups (broad SMARTS) is 1. The number of carboxylic acids is 1. The van der Waals surface area contributed by atoms with E-state index in [2.05, 4.69) is 10.1 Å². The van der Waals surface area contributed by atoms with Crippen molar-refractivity contribution in [1.82, 2.24) is 19.7 Å². The number of benzene rings is 1. The zero-order valence-electron chi connectivity index (χ0n) is 20.7. The molecule has 4 rings (SSSR count). The van der Waals surface area contributed by atoms with Gasteiger partial charge in [-0.05, 0) is 43.4 Å². The van der Waals surface area contributed by atoms with Crippen LogP contribution >= 0.6 is 23.2 Å². The fourth-order valence-electron chi connectivity index (χ4n) is 4.77. The van der Waals surface area contributed by atoms with Crippen LogP contribution in [0.5, 0.6) is 5.75 Å². The second kappa shape index (κ2) is 11.8. The number of alkyl halides is 3. The zero-order chi connectivity index (χ0) is 29.2. The lowest BCUT2D eigenvalue weighted by atomic mass is 9.86. The molecule has 2 heterocycles. The number of aromatic nitrogens is 3. The molecule has 2 aromatic heterocycles. The van der Waals surface area contributed by atoms with E-state index in [-0.39, 0.29) is 53.6 Å². The number of carbonyl (C=O) groups is 3. The van der Waals surface area contributed by atoms with Crippen molar-refractivity contribution in [2.75, 3.05) is 6.54 Å². The molecule has 0 saturated heterocycles. The third-order valence-corrected chi connectivity index (χ3v) is 7.32. The summed E-state index contributed by atoms with van der Waals surface area (Å²) in [5.41, 5.74) is -1.74. The maximum atomic E-state index is 14.4. The molecule has 40 heavy (non-hydrogen) atoms. The lowest BCUT2D eigenvalue weighted by Gasteiger charge is -2.28. The van der Waals surface area contributed by atoms with Crippen molar-refractivity contribution in [3.63, 3.8) is 0 Å². The second-order valence-corrected chi connectivity index (χ2v) is 10.2. The van der Waals surface area contributed by atoms with Crippen molar-refractivity contribution in [2.24, 2.45) is 5.92 Å². The molecule has 1 aliphatic carbocycles. The highest BCUT2D eigenvalue weighted by atomic mass is 35.5. The molecule has 212 valence electrons. The van der Waals surface area contributed by atoms with Crippen molar-refractivity contribution >= 4 is 40.9 Å². The zero-order valence-corrected chi connectivity index (χ0v) is 22.2. The number of amides is 1. The van der Waals surface area contributed by atoms with Crippen LogP contribution in [-0.2, 0) is 17.5 Å². The summed E-state index contributed by atoms with van der Waals surface area (Å²) in [6.45, 7) is -0.952. The average Bonchev–Trinajstić information content (AvgIpc) is 3.35. The molecule has 0 atom stereocenters. The van der Waals surface area contributed by atoms with E-state index in [1.807, 2.05) is 0 Å². The largest absolute Gasteiger partial charge is 0.508 e. The van der Waals surface area contributed by atoms with Gasteiger partial charge in [-0.1, -0.05) is 35.3 Å². The predicted octanol–water partition coefficient (Wildman–Crippen LogP) is 5.65. The van der Waals surface area contributed by atoms with Gasteiger partial charge in [-0.2, -0.15) is 18.3 Å². The molecule has 2 N–H and O–H groups in total. The van der Waals surface area contributed by atoms with E-state index in [0.717, 1.165) is 15.8 Å². The average molecular weight is 599 g/mol. The SMILES string of the molecule is O=C(CN(Cc1ccc(O)cc1)C(=O)c1cnn([C@H]2CC[C@H](C(=O)O)CC2)c1C(F)(F)F)c1c(Cl)cncc1Cl. The smallest absolute Gasteiger partial charge is 0.433 e. The predicted molar refractivity (Wildman–Crippen MR) is 137 cm³/mol. The van der Waals surface area contributed by atoms with Crippen LogP contribution in [0.1, 0.15) is 63.7 Å². The van der Waals surface area contributed by atoms with E-state index in [1.165, 1.54) is 36.7 Å². The van der Waals surface area contributed by atoms with E-state index in [9.17, 15) is 37.8 Å². The Kier molecular flexibility index (Phi) is 8.69. The molecule has 1 aromatic carbocycles. The van der Waals surface area contributed by atoms with Crippen LogP contribution in [0.25, 0.3) is 0 Å². The number of phenols is 1. The van der Waals surface area contributed by atoms with Gasteiger partial charge in [0.2, 0.25) is 0 Å². The minimum absolute atomic E-state index is 0.0636. The third-order valence-electron chi connectivity index (χ3n) is 6.75. The number of hydrogen-bond acceptors (Lipinski definition) is 6. The van der Waals surface area contributed by atoms with Crippen LogP contribution in [0.2, 0.25) is 10.0 Å². The molecule has 3 aromatic rings. The number of ketones is 1. The Hall–Kier alpha value is -3.64. The van der Waals surface area contributed by atoms with Crippen LogP contribution in [0.15, 0.2) is 42.9 Å². The number of phenolic OH excluding ortho intramolecular Hbond substituents is 1. The molecule has 1 amide bonds. The summed E-state index contributed by atoms with van der Waals surface area (Å²) in [6.07, 6.45) is -1.17. The maximum absolute atomic E-state index is 14.4. The van der Waals surface area contributed by atoms with Crippen LogP contribution in [-0.4, -0.2) is 54.1 Å². The van der Waals surface area contributed by atoms with E-state index < -0.39 is 53.6 Å². The van der Waals surface area contributed by atoms with Crippen LogP contribution in [0, 0.1) is 5.92 Å². The fourth-order valence-corrected chi connectivity index (χ4v) is 5.34. The Morgan fingerprint density at radius 2 is 1.60 bits per heavy atom. The number of rotatable bonds is 8. The van der Waals surface area contributed by atoms with Crippen molar-refractivity contribution in [3.8, 4) is 5.75 Å². The van der Waals surface area contributed by atoms with Crippen molar-refractivity contribution in [1.29, 1.82) is 0 Å². The third kappa shape index (κ3) is 6.39. The molecule has 1 saturated carbocycles. The molecule has 9 nitrogen and oxygen atoms in total. The number of hydrogen-bond donors (Lipinski definition) is 2. The van der Waals surface area contributed by atoms with Gasteiger partial charge >= 0.3 is 12.1 Å². The first-order chi connectivity index (χ1) is 18.9. The van der Waals surface area contributed by atoms with Gasteiger partial charge in [0.1, 0.15) is 5.75 Å².